The van der Waals surface area contributed by atoms with E-state index in [0.29, 0.717) is 18.3 Å². The van der Waals surface area contributed by atoms with Gasteiger partial charge in [0, 0.05) is 31.5 Å². The number of aromatic nitrogens is 4. The second kappa shape index (κ2) is 8.31. The Morgan fingerprint density at radius 2 is 1.81 bits per heavy atom. The number of benzene rings is 1. The van der Waals surface area contributed by atoms with Gasteiger partial charge in [0.1, 0.15) is 0 Å². The van der Waals surface area contributed by atoms with E-state index in [2.05, 4.69) is 45.4 Å². The maximum absolute atomic E-state index is 12.2. The molecule has 4 rings (SSSR count). The van der Waals surface area contributed by atoms with Crippen LogP contribution in [0.2, 0.25) is 0 Å². The van der Waals surface area contributed by atoms with E-state index >= 15 is 0 Å². The number of nitrogens with zero attached hydrogens (tertiary/aromatic N) is 5. The Balaban J connectivity index is 1.31. The zero-order chi connectivity index (χ0) is 18.5. The topological polar surface area (TPSA) is 56.0 Å². The molecule has 1 fully saturated rings. The van der Waals surface area contributed by atoms with Crippen molar-refractivity contribution in [3.63, 3.8) is 0 Å². The van der Waals surface area contributed by atoms with Crippen LogP contribution in [0.3, 0.4) is 0 Å². The first kappa shape index (κ1) is 17.7. The van der Waals surface area contributed by atoms with Crippen molar-refractivity contribution in [1.82, 2.24) is 24.5 Å². The molecule has 0 spiro atoms. The van der Waals surface area contributed by atoms with Gasteiger partial charge in [0.25, 0.3) is 5.56 Å². The lowest BCUT2D eigenvalue weighted by Crippen LogP contribution is -2.37. The smallest absolute Gasteiger partial charge is 0.266 e. The van der Waals surface area contributed by atoms with Crippen LogP contribution >= 0.6 is 0 Å². The van der Waals surface area contributed by atoms with Crippen molar-refractivity contribution in [3.8, 4) is 5.82 Å². The normalized spacial score (nSPS) is 15.9. The van der Waals surface area contributed by atoms with Gasteiger partial charge in [0.2, 0.25) is 0 Å². The Bertz CT molecular complexity index is 896. The van der Waals surface area contributed by atoms with Crippen molar-refractivity contribution in [2.24, 2.45) is 5.92 Å². The number of likely N-dealkylation sites (tertiary alicyclic amines) is 1. The van der Waals surface area contributed by atoms with E-state index in [1.54, 1.807) is 27.7 Å². The minimum Gasteiger partial charge on any atom is -0.303 e. The molecule has 0 radical (unpaired) electrons. The highest BCUT2D eigenvalue weighted by Crippen LogP contribution is 2.19. The second-order valence-electron chi connectivity index (χ2n) is 7.18. The first-order valence-electron chi connectivity index (χ1n) is 9.62. The molecule has 3 heterocycles. The lowest BCUT2D eigenvalue weighted by molar-refractivity contribution is 0.171. The average molecular weight is 363 g/mol. The van der Waals surface area contributed by atoms with E-state index in [1.165, 1.54) is 5.56 Å². The van der Waals surface area contributed by atoms with Gasteiger partial charge in [-0.2, -0.15) is 5.10 Å². The third-order valence-electron chi connectivity index (χ3n) is 5.29. The minimum absolute atomic E-state index is 0.0441. The second-order valence-corrected chi connectivity index (χ2v) is 7.18. The molecule has 0 bridgehead atoms. The fourth-order valence-corrected chi connectivity index (χ4v) is 3.66. The summed E-state index contributed by atoms with van der Waals surface area (Å²) >= 11 is 0. The van der Waals surface area contributed by atoms with Crippen LogP contribution in [0.25, 0.3) is 5.82 Å². The van der Waals surface area contributed by atoms with Crippen molar-refractivity contribution in [3.05, 3.63) is 76.8 Å². The van der Waals surface area contributed by atoms with E-state index in [4.69, 9.17) is 0 Å². The molecule has 3 aromatic rings. The van der Waals surface area contributed by atoms with Gasteiger partial charge in [0.15, 0.2) is 5.82 Å². The molecule has 140 valence electrons. The van der Waals surface area contributed by atoms with E-state index in [-0.39, 0.29) is 5.56 Å². The maximum Gasteiger partial charge on any atom is 0.266 e. The predicted octanol–water partition coefficient (Wildman–Crippen LogP) is 2.38. The van der Waals surface area contributed by atoms with Crippen LogP contribution in [0.4, 0.5) is 0 Å². The molecule has 0 N–H and O–H groups in total. The summed E-state index contributed by atoms with van der Waals surface area (Å²) in [6.07, 6.45) is 6.85. The third kappa shape index (κ3) is 4.52. The van der Waals surface area contributed by atoms with Crippen LogP contribution in [0.5, 0.6) is 0 Å². The van der Waals surface area contributed by atoms with E-state index in [9.17, 15) is 4.79 Å². The Labute approximate surface area is 159 Å². The molecule has 1 aromatic carbocycles. The summed E-state index contributed by atoms with van der Waals surface area (Å²) in [7, 11) is 0. The summed E-state index contributed by atoms with van der Waals surface area (Å²) in [5, 5.41) is 8.69. The fourth-order valence-electron chi connectivity index (χ4n) is 3.66. The van der Waals surface area contributed by atoms with E-state index in [1.807, 2.05) is 12.3 Å². The molecule has 6 heteroatoms. The summed E-state index contributed by atoms with van der Waals surface area (Å²) in [5.74, 6) is 1.18. The summed E-state index contributed by atoms with van der Waals surface area (Å²) < 4.78 is 3.28. The number of rotatable bonds is 6. The van der Waals surface area contributed by atoms with E-state index in [0.717, 1.165) is 38.9 Å². The highest BCUT2D eigenvalue weighted by atomic mass is 16.1. The molecular formula is C21H25N5O. The largest absolute Gasteiger partial charge is 0.303 e. The van der Waals surface area contributed by atoms with Crippen LogP contribution in [0.15, 0.2) is 65.7 Å². The quantitative estimate of drug-likeness (QED) is 0.675. The summed E-state index contributed by atoms with van der Waals surface area (Å²) in [4.78, 5) is 14.7. The summed E-state index contributed by atoms with van der Waals surface area (Å²) in [6, 6.07) is 15.8. The molecule has 1 aliphatic rings. The van der Waals surface area contributed by atoms with Crippen molar-refractivity contribution in [2.45, 2.75) is 25.8 Å². The molecule has 6 nitrogen and oxygen atoms in total. The van der Waals surface area contributed by atoms with Gasteiger partial charge in [-0.25, -0.2) is 9.36 Å². The standard InChI is InChI=1S/C21H25N5O/c27-21-8-7-20(25-13-4-12-22-25)23-26(21)17-19-10-15-24(16-11-19)14-9-18-5-2-1-3-6-18/h1-8,12-13,19H,9-11,14-17H2. The van der Waals surface area contributed by atoms with Gasteiger partial charge >= 0.3 is 0 Å². The lowest BCUT2D eigenvalue weighted by atomic mass is 9.96. The highest BCUT2D eigenvalue weighted by molar-refractivity contribution is 5.17. The molecule has 1 saturated heterocycles. The zero-order valence-corrected chi connectivity index (χ0v) is 15.4. The third-order valence-corrected chi connectivity index (χ3v) is 5.29. The van der Waals surface area contributed by atoms with Crippen molar-refractivity contribution in [1.29, 1.82) is 0 Å². The van der Waals surface area contributed by atoms with Gasteiger partial charge in [-0.15, -0.1) is 5.10 Å². The van der Waals surface area contributed by atoms with Gasteiger partial charge < -0.3 is 4.90 Å². The molecule has 0 atom stereocenters. The van der Waals surface area contributed by atoms with Crippen molar-refractivity contribution >= 4 is 0 Å². The molecule has 2 aromatic heterocycles. The van der Waals surface area contributed by atoms with Crippen LogP contribution in [-0.4, -0.2) is 44.1 Å². The maximum atomic E-state index is 12.2. The first-order chi connectivity index (χ1) is 13.3. The Morgan fingerprint density at radius 3 is 2.56 bits per heavy atom. The van der Waals surface area contributed by atoms with Crippen LogP contribution in [0.1, 0.15) is 18.4 Å². The molecule has 27 heavy (non-hydrogen) atoms. The Morgan fingerprint density at radius 1 is 1.00 bits per heavy atom. The number of hydrogen-bond donors (Lipinski definition) is 0. The van der Waals surface area contributed by atoms with Crippen LogP contribution in [-0.2, 0) is 13.0 Å². The molecule has 0 saturated carbocycles. The zero-order valence-electron chi connectivity index (χ0n) is 15.4. The van der Waals surface area contributed by atoms with E-state index < -0.39 is 0 Å². The summed E-state index contributed by atoms with van der Waals surface area (Å²) in [6.45, 7) is 3.96. The Kier molecular flexibility index (Phi) is 5.44. The van der Waals surface area contributed by atoms with Crippen LogP contribution in [0, 0.1) is 5.92 Å². The lowest BCUT2D eigenvalue weighted by Gasteiger charge is -2.32. The summed E-state index contributed by atoms with van der Waals surface area (Å²) in [5.41, 5.74) is 1.35. The van der Waals surface area contributed by atoms with Gasteiger partial charge in [-0.3, -0.25) is 4.79 Å². The van der Waals surface area contributed by atoms with Gasteiger partial charge in [0.05, 0.1) is 0 Å². The molecule has 0 aliphatic carbocycles. The minimum atomic E-state index is -0.0441. The number of hydrogen-bond acceptors (Lipinski definition) is 4. The molecule has 0 unspecified atom stereocenters. The average Bonchev–Trinajstić information content (AvgIpc) is 3.25. The number of piperidine rings is 1. The highest BCUT2D eigenvalue weighted by Gasteiger charge is 2.20. The molecule has 1 aliphatic heterocycles. The van der Waals surface area contributed by atoms with Crippen molar-refractivity contribution in [2.75, 3.05) is 19.6 Å². The monoisotopic (exact) mass is 363 g/mol. The first-order valence-corrected chi connectivity index (χ1v) is 9.62. The SMILES string of the molecule is O=c1ccc(-n2cccn2)nn1CC1CCN(CCc2ccccc2)CC1. The fraction of sp³-hybridized carbons (Fsp3) is 0.381. The van der Waals surface area contributed by atoms with Crippen LogP contribution < -0.4 is 5.56 Å². The predicted molar refractivity (Wildman–Crippen MR) is 105 cm³/mol. The van der Waals surface area contributed by atoms with Gasteiger partial charge in [-0.05, 0) is 56.0 Å². The molecular weight excluding hydrogens is 338 g/mol. The van der Waals surface area contributed by atoms with Gasteiger partial charge in [-0.1, -0.05) is 30.3 Å². The van der Waals surface area contributed by atoms with Crippen molar-refractivity contribution < 1.29 is 0 Å². The molecule has 0 amide bonds. The Hall–Kier alpha value is -2.73.